The number of benzene rings is 6. The van der Waals surface area contributed by atoms with E-state index in [1.54, 1.807) is 34.8 Å². The van der Waals surface area contributed by atoms with Crippen molar-refractivity contribution in [3.05, 3.63) is 266 Å². The fourth-order valence-corrected chi connectivity index (χ4v) is 9.54. The minimum Gasteiger partial charge on any atom is -0.461 e. The number of hydrogen-bond donors (Lipinski definition) is 1. The second-order valence-electron chi connectivity index (χ2n) is 22.5. The smallest absolute Gasteiger partial charge is 0.461 e. The van der Waals surface area contributed by atoms with Crippen molar-refractivity contribution in [2.24, 2.45) is 7.05 Å². The molecular weight excluding hydrogens is 1180 g/mol. The van der Waals surface area contributed by atoms with E-state index < -0.39 is 18.3 Å². The van der Waals surface area contributed by atoms with Crippen molar-refractivity contribution in [3.63, 3.8) is 0 Å². The molecule has 13 nitrogen and oxygen atoms in total. The highest BCUT2D eigenvalue weighted by molar-refractivity contribution is 9.10. The number of pyridine rings is 2. The van der Waals surface area contributed by atoms with Crippen LogP contribution in [0.15, 0.2) is 205 Å². The van der Waals surface area contributed by atoms with Crippen LogP contribution in [-0.4, -0.2) is 76.9 Å². The number of amides is 1. The molecule has 0 unspecified atom stereocenters. The van der Waals surface area contributed by atoms with Gasteiger partial charge in [0.05, 0.1) is 42.8 Å². The third-order valence-electron chi connectivity index (χ3n) is 15.5. The van der Waals surface area contributed by atoms with Gasteiger partial charge >= 0.3 is 19.1 Å². The van der Waals surface area contributed by atoms with Gasteiger partial charge in [-0.25, -0.2) is 4.98 Å². The molecule has 1 amide bonds. The lowest BCUT2D eigenvalue weighted by atomic mass is 9.75. The molecule has 2 aromatic heterocycles. The fraction of sp³-hybridized carbons (Fsp3) is 0.284. The molecular formula is C74H84BBrN4O9. The third kappa shape index (κ3) is 20.8. The number of hydrogen-bond acceptors (Lipinski definition) is 11. The second-order valence-corrected chi connectivity index (χ2v) is 23.3. The number of carbonyl (C=O) groups is 3. The minimum absolute atomic E-state index is 0.0600. The van der Waals surface area contributed by atoms with Crippen LogP contribution >= 0.6 is 15.9 Å². The van der Waals surface area contributed by atoms with Crippen LogP contribution in [0.3, 0.4) is 0 Å². The van der Waals surface area contributed by atoms with Crippen LogP contribution in [0.25, 0.3) is 17.2 Å². The Morgan fingerprint density at radius 2 is 1.21 bits per heavy atom. The molecule has 10 rings (SSSR count). The van der Waals surface area contributed by atoms with E-state index in [-0.39, 0.29) is 36.4 Å². The largest absolute Gasteiger partial charge is 0.495 e. The maximum atomic E-state index is 12.7. The van der Waals surface area contributed by atoms with Crippen molar-refractivity contribution >= 4 is 63.9 Å². The Morgan fingerprint density at radius 3 is 1.73 bits per heavy atom. The van der Waals surface area contributed by atoms with Crippen molar-refractivity contribution in [1.82, 2.24) is 14.5 Å². The van der Waals surface area contributed by atoms with Gasteiger partial charge < -0.3 is 38.3 Å². The summed E-state index contributed by atoms with van der Waals surface area (Å²) >= 11 is 3.46. The van der Waals surface area contributed by atoms with E-state index in [1.165, 1.54) is 16.7 Å². The molecule has 0 bridgehead atoms. The molecule has 1 N–H and O–H groups in total. The standard InChI is InChI=1S/C24H26N4O3.C22H27BO4.C16H15BrO2.C8H8.C4H8/c1-16-5-4-6-20(17(16)2)19-13-21(24(30)27(3)15-19)26-22-8-7-18(14-25-22)23(29)28-9-11-31-12-10-28;1-16-18(14-20(24)25-15-17-10-7-6-8-11-17)12-9-13-19(16)23-26-21(2,3)22(4,5)27-23;1-12-14(8-5-9-15(12)17)10-16(18)19-11-13-6-3-2-4-7-13;1-2-8-6-4-3-5-7-8;1-3-4-2/h4-8,13-15H,9-12H2,1-3H3,(H,25,26);6-13H,14-15H2,1-5H3;2-9H,10-11H2,1H3;2-7H,1H2;3H,1,4H2,2H3. The molecule has 4 heterocycles. The zero-order valence-electron chi connectivity index (χ0n) is 53.1. The lowest BCUT2D eigenvalue weighted by Gasteiger charge is -2.32. The molecule has 0 spiro atoms. The van der Waals surface area contributed by atoms with Crippen molar-refractivity contribution in [3.8, 4) is 11.1 Å². The van der Waals surface area contributed by atoms with Crippen LogP contribution < -0.4 is 16.3 Å². The van der Waals surface area contributed by atoms with Crippen molar-refractivity contribution in [1.29, 1.82) is 0 Å². The highest BCUT2D eigenvalue weighted by Crippen LogP contribution is 2.37. The number of ether oxygens (including phenoxy) is 3. The monoisotopic (exact) mass is 1260 g/mol. The van der Waals surface area contributed by atoms with Crippen LogP contribution in [0.5, 0.6) is 0 Å². The summed E-state index contributed by atoms with van der Waals surface area (Å²) in [7, 11) is 1.30. The first-order chi connectivity index (χ1) is 42.6. The predicted octanol–water partition coefficient (Wildman–Crippen LogP) is 14.8. The van der Waals surface area contributed by atoms with Gasteiger partial charge in [0.25, 0.3) is 11.5 Å². The van der Waals surface area contributed by atoms with Crippen LogP contribution in [0.4, 0.5) is 11.5 Å². The van der Waals surface area contributed by atoms with Gasteiger partial charge in [0.1, 0.15) is 24.7 Å². The van der Waals surface area contributed by atoms with E-state index in [2.05, 4.69) is 72.3 Å². The van der Waals surface area contributed by atoms with Crippen molar-refractivity contribution in [2.45, 2.75) is 106 Å². The highest BCUT2D eigenvalue weighted by Gasteiger charge is 2.52. The first-order valence-electron chi connectivity index (χ1n) is 29.9. The first-order valence-corrected chi connectivity index (χ1v) is 30.7. The first kappa shape index (κ1) is 69.6. The summed E-state index contributed by atoms with van der Waals surface area (Å²) in [6, 6.07) is 52.6. The number of anilines is 2. The molecule has 0 radical (unpaired) electrons. The van der Waals surface area contributed by atoms with E-state index in [0.717, 1.165) is 60.9 Å². The average Bonchev–Trinajstić information content (AvgIpc) is 1.75. The van der Waals surface area contributed by atoms with Crippen LogP contribution in [0, 0.1) is 27.7 Å². The number of rotatable bonds is 15. The molecule has 8 aromatic rings. The van der Waals surface area contributed by atoms with Crippen LogP contribution in [-0.2, 0) is 66.2 Å². The molecule has 2 fully saturated rings. The number of aryl methyl sites for hydroxylation is 2. The number of nitrogens with one attached hydrogen (secondary N) is 1. The Kier molecular flexibility index (Phi) is 26.9. The summed E-state index contributed by atoms with van der Waals surface area (Å²) in [5.74, 6) is 0.00185. The fourth-order valence-electron chi connectivity index (χ4n) is 9.14. The summed E-state index contributed by atoms with van der Waals surface area (Å²) in [5.41, 5.74) is 12.5. The number of aromatic nitrogens is 2. The Hall–Kier alpha value is -8.47. The SMILES string of the molecule is C=CCC.C=Cc1ccccc1.Cc1c(Br)cccc1CC(=O)OCc1ccccc1.Cc1c(CC(=O)OCc2ccccc2)cccc1B1OC(C)(C)C(C)(C)O1.Cc1cccc(-c2cc(Nc3ccc(C(=O)N4CCOCC4)cn3)c(=O)n(C)c2)c1C. The van der Waals surface area contributed by atoms with E-state index >= 15 is 0 Å². The molecule has 2 aliphatic heterocycles. The van der Waals surface area contributed by atoms with E-state index in [9.17, 15) is 19.2 Å². The van der Waals surface area contributed by atoms with Crippen LogP contribution in [0.2, 0.25) is 0 Å². The molecule has 464 valence electrons. The number of esters is 2. The number of halogens is 1. The van der Waals surface area contributed by atoms with E-state index in [4.69, 9.17) is 23.5 Å². The van der Waals surface area contributed by atoms with E-state index in [1.807, 2.05) is 199 Å². The topological polar surface area (TPSA) is 148 Å². The lowest BCUT2D eigenvalue weighted by molar-refractivity contribution is -0.145. The highest BCUT2D eigenvalue weighted by atomic mass is 79.9. The van der Waals surface area contributed by atoms with Gasteiger partial charge in [-0.15, -0.1) is 6.58 Å². The molecule has 2 saturated heterocycles. The quantitative estimate of drug-likeness (QED) is 0.0594. The number of carbonyl (C=O) groups excluding carboxylic acids is 3. The number of morpholine rings is 1. The lowest BCUT2D eigenvalue weighted by Crippen LogP contribution is -2.41. The van der Waals surface area contributed by atoms with Gasteiger partial charge in [0.15, 0.2) is 0 Å². The predicted molar refractivity (Wildman–Crippen MR) is 364 cm³/mol. The molecule has 6 aromatic carbocycles. The average molecular weight is 1260 g/mol. The van der Waals surface area contributed by atoms with Gasteiger partial charge in [0, 0.05) is 42.6 Å². The van der Waals surface area contributed by atoms with Gasteiger partial charge in [0.2, 0.25) is 0 Å². The van der Waals surface area contributed by atoms with Gasteiger partial charge in [-0.05, 0) is 147 Å². The normalized spacial score (nSPS) is 13.4. The van der Waals surface area contributed by atoms with Crippen LogP contribution in [0.1, 0.15) is 101 Å². The van der Waals surface area contributed by atoms with Crippen molar-refractivity contribution in [2.75, 3.05) is 31.6 Å². The second kappa shape index (κ2) is 34.3. The Morgan fingerprint density at radius 1 is 0.685 bits per heavy atom. The van der Waals surface area contributed by atoms with Gasteiger partial charge in [-0.3, -0.25) is 19.2 Å². The minimum atomic E-state index is -0.435. The van der Waals surface area contributed by atoms with Gasteiger partial charge in [-0.1, -0.05) is 181 Å². The zero-order chi connectivity index (χ0) is 64.5. The maximum Gasteiger partial charge on any atom is 0.495 e. The number of allylic oxidation sites excluding steroid dienone is 1. The summed E-state index contributed by atoms with van der Waals surface area (Å²) in [6.45, 7) is 28.3. The molecule has 89 heavy (non-hydrogen) atoms. The molecule has 0 saturated carbocycles. The maximum absolute atomic E-state index is 12.7. The molecule has 0 aliphatic carbocycles. The zero-order valence-corrected chi connectivity index (χ0v) is 54.7. The van der Waals surface area contributed by atoms with Crippen molar-refractivity contribution < 1.29 is 37.9 Å². The molecule has 2 aliphatic rings. The summed E-state index contributed by atoms with van der Waals surface area (Å²) in [5, 5.41) is 3.11. The third-order valence-corrected chi connectivity index (χ3v) is 16.4. The Labute approximate surface area is 535 Å². The summed E-state index contributed by atoms with van der Waals surface area (Å²) < 4.78 is 30.9. The summed E-state index contributed by atoms with van der Waals surface area (Å²) in [6.07, 6.45) is 8.70. The molecule has 0 atom stereocenters. The summed E-state index contributed by atoms with van der Waals surface area (Å²) in [4.78, 5) is 55.5. The Balaban J connectivity index is 0.000000198. The van der Waals surface area contributed by atoms with E-state index in [0.29, 0.717) is 56.4 Å². The Bertz CT molecular complexity index is 3650. The van der Waals surface area contributed by atoms with Gasteiger partial charge in [-0.2, -0.15) is 0 Å². The molecule has 15 heteroatoms. The number of nitrogens with zero attached hydrogens (tertiary/aromatic N) is 3.